The molecule has 0 bridgehead atoms. The fourth-order valence-electron chi connectivity index (χ4n) is 2.64. The third-order valence-electron chi connectivity index (χ3n) is 3.94. The number of aromatic nitrogens is 2. The number of benzene rings is 2. The lowest BCUT2D eigenvalue weighted by atomic mass is 10.2. The molecule has 0 aliphatic heterocycles. The fourth-order valence-corrected chi connectivity index (χ4v) is 3.00. The highest BCUT2D eigenvalue weighted by atomic mass is 79.9. The van der Waals surface area contributed by atoms with Gasteiger partial charge in [-0.2, -0.15) is 9.78 Å². The molecule has 27 heavy (non-hydrogen) atoms. The van der Waals surface area contributed by atoms with Crippen LogP contribution >= 0.6 is 15.9 Å². The fraction of sp³-hybridized carbons (Fsp3) is 0.190. The van der Waals surface area contributed by atoms with Crippen molar-refractivity contribution in [3.63, 3.8) is 0 Å². The minimum absolute atomic E-state index is 0.0372. The lowest BCUT2D eigenvalue weighted by Crippen LogP contribution is -2.23. The van der Waals surface area contributed by atoms with Crippen molar-refractivity contribution in [3.05, 3.63) is 81.3 Å². The summed E-state index contributed by atoms with van der Waals surface area (Å²) in [6.45, 7) is 8.03. The zero-order valence-corrected chi connectivity index (χ0v) is 16.8. The highest BCUT2D eigenvalue weighted by Gasteiger charge is 2.14. The van der Waals surface area contributed by atoms with Gasteiger partial charge in [-0.05, 0) is 30.3 Å². The Morgan fingerprint density at radius 1 is 1.30 bits per heavy atom. The first-order valence-electron chi connectivity index (χ1n) is 8.60. The monoisotopic (exact) mass is 425 g/mol. The van der Waals surface area contributed by atoms with Crippen molar-refractivity contribution >= 4 is 33.0 Å². The predicted octanol–water partition coefficient (Wildman–Crippen LogP) is 4.73. The van der Waals surface area contributed by atoms with E-state index in [0.717, 1.165) is 10.0 Å². The van der Waals surface area contributed by atoms with Gasteiger partial charge in [-0.15, -0.1) is 0 Å². The smallest absolute Gasteiger partial charge is 0.282 e. The molecule has 0 radical (unpaired) electrons. The summed E-state index contributed by atoms with van der Waals surface area (Å²) in [7, 11) is 0. The van der Waals surface area contributed by atoms with Crippen LogP contribution in [0.5, 0.6) is 5.75 Å². The molecule has 0 atom stereocenters. The number of hydrogen-bond acceptors (Lipinski definition) is 4. The van der Waals surface area contributed by atoms with E-state index in [1.165, 1.54) is 4.68 Å². The van der Waals surface area contributed by atoms with Crippen LogP contribution in [0, 0.1) is 0 Å². The van der Waals surface area contributed by atoms with Crippen LogP contribution in [-0.4, -0.2) is 22.5 Å². The zero-order valence-electron chi connectivity index (χ0n) is 15.2. The van der Waals surface area contributed by atoms with Gasteiger partial charge in [-0.25, -0.2) is 4.98 Å². The molecule has 1 aromatic heterocycles. The van der Waals surface area contributed by atoms with E-state index in [4.69, 9.17) is 4.74 Å². The van der Waals surface area contributed by atoms with E-state index in [0.29, 0.717) is 29.1 Å². The third-order valence-corrected chi connectivity index (χ3v) is 4.43. The Hall–Kier alpha value is -2.73. The van der Waals surface area contributed by atoms with Gasteiger partial charge in [-0.3, -0.25) is 4.79 Å². The van der Waals surface area contributed by atoms with Crippen molar-refractivity contribution in [1.82, 2.24) is 9.66 Å². The summed E-state index contributed by atoms with van der Waals surface area (Å²) in [6.07, 6.45) is 3.30. The van der Waals surface area contributed by atoms with Crippen LogP contribution < -0.4 is 10.3 Å². The summed E-state index contributed by atoms with van der Waals surface area (Å²) in [6, 6.07) is 13.0. The summed E-state index contributed by atoms with van der Waals surface area (Å²) in [5.41, 5.74) is 1.23. The number of halogens is 1. The van der Waals surface area contributed by atoms with E-state index >= 15 is 0 Å². The summed E-state index contributed by atoms with van der Waals surface area (Å²) < 4.78 is 7.84. The number of hydrogen-bond donors (Lipinski definition) is 0. The first-order chi connectivity index (χ1) is 13.0. The number of fused-ring (bicyclic) bond motifs is 1. The third kappa shape index (κ3) is 4.17. The molecule has 0 saturated heterocycles. The molecule has 0 amide bonds. The van der Waals surface area contributed by atoms with Crippen molar-refractivity contribution in [1.29, 1.82) is 0 Å². The molecule has 0 unspecified atom stereocenters. The molecule has 0 saturated carbocycles. The van der Waals surface area contributed by atoms with Crippen LogP contribution in [0.25, 0.3) is 10.9 Å². The maximum absolute atomic E-state index is 13.0. The topological polar surface area (TPSA) is 56.5 Å². The molecule has 0 N–H and O–H groups in total. The summed E-state index contributed by atoms with van der Waals surface area (Å²) in [5.74, 6) is 1.32. The lowest BCUT2D eigenvalue weighted by Gasteiger charge is -2.12. The summed E-state index contributed by atoms with van der Waals surface area (Å²) >= 11 is 3.41. The average molecular weight is 426 g/mol. The van der Waals surface area contributed by atoms with Gasteiger partial charge in [0.15, 0.2) is 0 Å². The van der Waals surface area contributed by atoms with Crippen LogP contribution in [-0.2, 0) is 0 Å². The Balaban J connectivity index is 2.13. The second-order valence-corrected chi connectivity index (χ2v) is 7.20. The molecule has 0 aliphatic carbocycles. The molecule has 0 fully saturated rings. The first kappa shape index (κ1) is 19.0. The molecule has 3 aromatic rings. The van der Waals surface area contributed by atoms with Gasteiger partial charge in [0.1, 0.15) is 18.2 Å². The van der Waals surface area contributed by atoms with Gasteiger partial charge in [0, 0.05) is 16.0 Å². The van der Waals surface area contributed by atoms with Crippen LogP contribution in [0.4, 0.5) is 0 Å². The minimum Gasteiger partial charge on any atom is -0.489 e. The van der Waals surface area contributed by atoms with Gasteiger partial charge in [0.05, 0.1) is 17.1 Å². The number of nitrogens with zero attached hydrogens (tertiary/aromatic N) is 3. The highest BCUT2D eigenvalue weighted by molar-refractivity contribution is 9.10. The van der Waals surface area contributed by atoms with Crippen LogP contribution in [0.3, 0.4) is 0 Å². The highest BCUT2D eigenvalue weighted by Crippen LogP contribution is 2.20. The van der Waals surface area contributed by atoms with Gasteiger partial charge in [0.2, 0.25) is 0 Å². The van der Waals surface area contributed by atoms with E-state index in [1.807, 2.05) is 50.2 Å². The normalized spacial score (nSPS) is 11.4. The minimum atomic E-state index is -0.203. The second kappa shape index (κ2) is 8.31. The molecule has 0 spiro atoms. The molecule has 2 aromatic carbocycles. The first-order valence-corrected chi connectivity index (χ1v) is 9.40. The Kier molecular flexibility index (Phi) is 5.86. The Labute approximate surface area is 166 Å². The van der Waals surface area contributed by atoms with Crippen molar-refractivity contribution in [3.8, 4) is 5.75 Å². The molecule has 3 rings (SSSR count). The van der Waals surface area contributed by atoms with E-state index in [9.17, 15) is 4.79 Å². The standard InChI is InChI=1S/C21H20BrN3O2/c1-4-11-27-19-8-6-5-7-15(19)13-23-25-20(14(2)3)24-18-10-9-16(22)12-17(18)21(25)26/h4-10,12-14H,1,11H2,2-3H3. The quantitative estimate of drug-likeness (QED) is 0.423. The molecule has 6 heteroatoms. The van der Waals surface area contributed by atoms with E-state index < -0.39 is 0 Å². The molecule has 1 heterocycles. The summed E-state index contributed by atoms with van der Waals surface area (Å²) in [4.78, 5) is 17.7. The number of para-hydroxylation sites is 1. The molecular weight excluding hydrogens is 406 g/mol. The zero-order chi connectivity index (χ0) is 19.4. The predicted molar refractivity (Wildman–Crippen MR) is 113 cm³/mol. The van der Waals surface area contributed by atoms with Crippen molar-refractivity contribution < 1.29 is 4.74 Å². The van der Waals surface area contributed by atoms with Gasteiger partial charge < -0.3 is 4.74 Å². The van der Waals surface area contributed by atoms with Crippen molar-refractivity contribution in [2.45, 2.75) is 19.8 Å². The van der Waals surface area contributed by atoms with Crippen LogP contribution in [0.2, 0.25) is 0 Å². The van der Waals surface area contributed by atoms with Gasteiger partial charge in [-0.1, -0.05) is 54.6 Å². The summed E-state index contributed by atoms with van der Waals surface area (Å²) in [5, 5.41) is 4.96. The molecular formula is C21H20BrN3O2. The van der Waals surface area contributed by atoms with Gasteiger partial charge >= 0.3 is 0 Å². The molecule has 5 nitrogen and oxygen atoms in total. The molecule has 0 aliphatic rings. The van der Waals surface area contributed by atoms with E-state index in [2.05, 4.69) is 32.6 Å². The number of ether oxygens (including phenoxy) is 1. The Morgan fingerprint density at radius 2 is 2.07 bits per heavy atom. The van der Waals surface area contributed by atoms with E-state index in [1.54, 1.807) is 18.4 Å². The SMILES string of the molecule is C=CCOc1ccccc1C=Nn1c(C(C)C)nc2ccc(Br)cc2c1=O. The largest absolute Gasteiger partial charge is 0.489 e. The van der Waals surface area contributed by atoms with Crippen LogP contribution in [0.15, 0.2) is 69.5 Å². The van der Waals surface area contributed by atoms with Gasteiger partial charge in [0.25, 0.3) is 5.56 Å². The Bertz CT molecular complexity index is 1070. The Morgan fingerprint density at radius 3 is 2.81 bits per heavy atom. The molecule has 138 valence electrons. The van der Waals surface area contributed by atoms with Crippen molar-refractivity contribution in [2.75, 3.05) is 6.61 Å². The van der Waals surface area contributed by atoms with Crippen LogP contribution in [0.1, 0.15) is 31.2 Å². The second-order valence-electron chi connectivity index (χ2n) is 6.29. The lowest BCUT2D eigenvalue weighted by molar-refractivity contribution is 0.362. The van der Waals surface area contributed by atoms with E-state index in [-0.39, 0.29) is 11.5 Å². The average Bonchev–Trinajstić information content (AvgIpc) is 2.66. The van der Waals surface area contributed by atoms with Crippen molar-refractivity contribution in [2.24, 2.45) is 5.10 Å². The maximum atomic E-state index is 13.0. The number of rotatable bonds is 6. The maximum Gasteiger partial charge on any atom is 0.282 e.